The number of amides is 3. The standard InChI is InChI=1S/C29H32N4O3/c1-31-14-16-32(17-15-31)20-22-7-2-6-21(18-22)19-30-26(34)12-5-13-33-28(35)24-10-3-8-23-9-4-11-25(27(23)24)29(33)36/h2-4,6-11,18H,5,12-17,19-20H2,1H3,(H,30,34). The van der Waals surface area contributed by atoms with Gasteiger partial charge in [0.15, 0.2) is 0 Å². The maximum absolute atomic E-state index is 13.0. The second kappa shape index (κ2) is 10.6. The van der Waals surface area contributed by atoms with Crippen LogP contribution in [0.5, 0.6) is 0 Å². The largest absolute Gasteiger partial charge is 0.352 e. The number of hydrogen-bond acceptors (Lipinski definition) is 5. The van der Waals surface area contributed by atoms with Gasteiger partial charge in [-0.3, -0.25) is 24.2 Å². The van der Waals surface area contributed by atoms with E-state index in [1.165, 1.54) is 10.5 Å². The predicted octanol–water partition coefficient (Wildman–Crippen LogP) is 3.28. The molecule has 0 saturated carbocycles. The summed E-state index contributed by atoms with van der Waals surface area (Å²) in [6.45, 7) is 5.92. The van der Waals surface area contributed by atoms with Crippen molar-refractivity contribution in [2.75, 3.05) is 39.8 Å². The van der Waals surface area contributed by atoms with E-state index in [2.05, 4.69) is 34.3 Å². The molecule has 2 aliphatic heterocycles. The predicted molar refractivity (Wildman–Crippen MR) is 140 cm³/mol. The van der Waals surface area contributed by atoms with Crippen LogP contribution in [-0.4, -0.2) is 72.2 Å². The molecule has 0 bridgehead atoms. The highest BCUT2D eigenvalue weighted by molar-refractivity contribution is 6.25. The number of hydrogen-bond donors (Lipinski definition) is 1. The van der Waals surface area contributed by atoms with Crippen molar-refractivity contribution in [3.63, 3.8) is 0 Å². The van der Waals surface area contributed by atoms with Crippen molar-refractivity contribution in [3.8, 4) is 0 Å². The van der Waals surface area contributed by atoms with E-state index >= 15 is 0 Å². The first kappa shape index (κ1) is 24.2. The lowest BCUT2D eigenvalue weighted by Gasteiger charge is -2.32. The summed E-state index contributed by atoms with van der Waals surface area (Å²) in [5.41, 5.74) is 3.41. The molecule has 1 N–H and O–H groups in total. The van der Waals surface area contributed by atoms with Crippen LogP contribution >= 0.6 is 0 Å². The first-order chi connectivity index (χ1) is 17.5. The van der Waals surface area contributed by atoms with E-state index in [9.17, 15) is 14.4 Å². The Morgan fingerprint density at radius 1 is 0.861 bits per heavy atom. The lowest BCUT2D eigenvalue weighted by molar-refractivity contribution is -0.121. The molecule has 7 nitrogen and oxygen atoms in total. The summed E-state index contributed by atoms with van der Waals surface area (Å²) < 4.78 is 0. The molecular formula is C29H32N4O3. The molecule has 3 amide bonds. The van der Waals surface area contributed by atoms with Gasteiger partial charge in [-0.25, -0.2) is 0 Å². The van der Waals surface area contributed by atoms with Gasteiger partial charge in [0.2, 0.25) is 5.91 Å². The van der Waals surface area contributed by atoms with Crippen molar-refractivity contribution in [2.45, 2.75) is 25.9 Å². The van der Waals surface area contributed by atoms with Gasteiger partial charge in [-0.15, -0.1) is 0 Å². The van der Waals surface area contributed by atoms with Gasteiger partial charge in [-0.1, -0.05) is 48.5 Å². The van der Waals surface area contributed by atoms with Crippen LogP contribution in [0.2, 0.25) is 0 Å². The lowest BCUT2D eigenvalue weighted by atomic mass is 9.94. The quantitative estimate of drug-likeness (QED) is 0.497. The Balaban J connectivity index is 1.11. The first-order valence-corrected chi connectivity index (χ1v) is 12.6. The summed E-state index contributed by atoms with van der Waals surface area (Å²) in [5, 5.41) is 4.59. The van der Waals surface area contributed by atoms with Crippen LogP contribution < -0.4 is 5.32 Å². The Hall–Kier alpha value is -3.55. The van der Waals surface area contributed by atoms with E-state index < -0.39 is 0 Å². The minimum absolute atomic E-state index is 0.0844. The van der Waals surface area contributed by atoms with Crippen LogP contribution in [0.25, 0.3) is 10.8 Å². The van der Waals surface area contributed by atoms with E-state index in [-0.39, 0.29) is 30.7 Å². The minimum Gasteiger partial charge on any atom is -0.352 e. The zero-order chi connectivity index (χ0) is 25.1. The van der Waals surface area contributed by atoms with Crippen LogP contribution in [0, 0.1) is 0 Å². The SMILES string of the molecule is CN1CCN(Cc2cccc(CNC(=O)CCCN3C(=O)c4cccc5cccc(c45)C3=O)c2)CC1. The number of rotatable bonds is 8. The fourth-order valence-electron chi connectivity index (χ4n) is 5.07. The van der Waals surface area contributed by atoms with Crippen molar-refractivity contribution in [1.82, 2.24) is 20.0 Å². The molecule has 0 aromatic heterocycles. The van der Waals surface area contributed by atoms with E-state index in [0.29, 0.717) is 24.1 Å². The summed E-state index contributed by atoms with van der Waals surface area (Å²) >= 11 is 0. The van der Waals surface area contributed by atoms with Crippen molar-refractivity contribution < 1.29 is 14.4 Å². The smallest absolute Gasteiger partial charge is 0.261 e. The number of carbonyl (C=O) groups is 3. The van der Waals surface area contributed by atoms with Gasteiger partial charge in [0.1, 0.15) is 0 Å². The molecule has 1 fully saturated rings. The molecule has 36 heavy (non-hydrogen) atoms. The minimum atomic E-state index is -0.290. The molecule has 3 aromatic rings. The maximum atomic E-state index is 13.0. The maximum Gasteiger partial charge on any atom is 0.261 e. The highest BCUT2D eigenvalue weighted by Crippen LogP contribution is 2.30. The molecule has 186 valence electrons. The molecule has 5 rings (SSSR count). The third kappa shape index (κ3) is 5.17. The molecule has 2 heterocycles. The van der Waals surface area contributed by atoms with Crippen LogP contribution in [-0.2, 0) is 17.9 Å². The van der Waals surface area contributed by atoms with Crippen molar-refractivity contribution in [2.24, 2.45) is 0 Å². The highest BCUT2D eigenvalue weighted by Gasteiger charge is 2.32. The molecule has 0 atom stereocenters. The summed E-state index contributed by atoms with van der Waals surface area (Å²) in [5.74, 6) is -0.664. The Labute approximate surface area is 211 Å². The topological polar surface area (TPSA) is 73.0 Å². The number of carbonyl (C=O) groups excluding carboxylic acids is 3. The van der Waals surface area contributed by atoms with Gasteiger partial charge in [0, 0.05) is 68.7 Å². The van der Waals surface area contributed by atoms with Gasteiger partial charge < -0.3 is 10.2 Å². The zero-order valence-corrected chi connectivity index (χ0v) is 20.7. The Kier molecular flexibility index (Phi) is 7.11. The van der Waals surface area contributed by atoms with E-state index in [1.807, 2.05) is 36.4 Å². The van der Waals surface area contributed by atoms with Gasteiger partial charge in [0.25, 0.3) is 11.8 Å². The van der Waals surface area contributed by atoms with E-state index in [1.54, 1.807) is 12.1 Å². The second-order valence-electron chi connectivity index (χ2n) is 9.75. The molecule has 0 radical (unpaired) electrons. The van der Waals surface area contributed by atoms with Crippen LogP contribution in [0.4, 0.5) is 0 Å². The van der Waals surface area contributed by atoms with Crippen LogP contribution in [0.1, 0.15) is 44.7 Å². The first-order valence-electron chi connectivity index (χ1n) is 12.6. The summed E-state index contributed by atoms with van der Waals surface area (Å²) in [4.78, 5) is 44.5. The highest BCUT2D eigenvalue weighted by atomic mass is 16.2. The van der Waals surface area contributed by atoms with Crippen molar-refractivity contribution in [3.05, 3.63) is 82.9 Å². The van der Waals surface area contributed by atoms with Gasteiger partial charge in [0.05, 0.1) is 0 Å². The zero-order valence-electron chi connectivity index (χ0n) is 20.7. The number of piperazine rings is 1. The molecular weight excluding hydrogens is 452 g/mol. The average Bonchev–Trinajstić information content (AvgIpc) is 2.89. The number of nitrogens with one attached hydrogen (secondary N) is 1. The average molecular weight is 485 g/mol. The monoisotopic (exact) mass is 484 g/mol. The molecule has 3 aromatic carbocycles. The van der Waals surface area contributed by atoms with Gasteiger partial charge in [-0.05, 0) is 42.1 Å². The van der Waals surface area contributed by atoms with Crippen molar-refractivity contribution in [1.29, 1.82) is 0 Å². The lowest BCUT2D eigenvalue weighted by Crippen LogP contribution is -2.43. The summed E-state index contributed by atoms with van der Waals surface area (Å²) in [6, 6.07) is 19.4. The number of likely N-dealkylation sites (N-methyl/N-ethyl adjacent to an activating group) is 1. The third-order valence-electron chi connectivity index (χ3n) is 7.12. The molecule has 2 aliphatic rings. The number of nitrogens with zero attached hydrogens (tertiary/aromatic N) is 3. The fourth-order valence-corrected chi connectivity index (χ4v) is 5.07. The van der Waals surface area contributed by atoms with Crippen LogP contribution in [0.3, 0.4) is 0 Å². The summed E-state index contributed by atoms with van der Waals surface area (Å²) in [6.07, 6.45) is 0.675. The number of benzene rings is 3. The molecule has 7 heteroatoms. The summed E-state index contributed by atoms with van der Waals surface area (Å²) in [7, 11) is 2.16. The molecule has 0 unspecified atom stereocenters. The van der Waals surface area contributed by atoms with Crippen LogP contribution in [0.15, 0.2) is 60.7 Å². The van der Waals surface area contributed by atoms with Gasteiger partial charge >= 0.3 is 0 Å². The molecule has 0 spiro atoms. The van der Waals surface area contributed by atoms with Gasteiger partial charge in [-0.2, -0.15) is 0 Å². The third-order valence-corrected chi connectivity index (χ3v) is 7.12. The Morgan fingerprint density at radius 3 is 2.19 bits per heavy atom. The normalized spacial score (nSPS) is 16.5. The van der Waals surface area contributed by atoms with E-state index in [4.69, 9.17) is 0 Å². The Bertz CT molecular complexity index is 1250. The molecule has 1 saturated heterocycles. The fraction of sp³-hybridized carbons (Fsp3) is 0.345. The molecule has 0 aliphatic carbocycles. The second-order valence-corrected chi connectivity index (χ2v) is 9.75. The van der Waals surface area contributed by atoms with E-state index in [0.717, 1.165) is 49.1 Å². The Morgan fingerprint density at radius 2 is 1.50 bits per heavy atom. The number of imide groups is 1. The van der Waals surface area contributed by atoms with Crippen molar-refractivity contribution >= 4 is 28.5 Å².